The van der Waals surface area contributed by atoms with Gasteiger partial charge in [-0.2, -0.15) is 0 Å². The quantitative estimate of drug-likeness (QED) is 0.650. The average Bonchev–Trinajstić information content (AvgIpc) is 2.16. The van der Waals surface area contributed by atoms with Crippen LogP contribution in [0.1, 0.15) is 17.2 Å². The molecule has 0 unspecified atom stereocenters. The predicted octanol–water partition coefficient (Wildman–Crippen LogP) is 0.407. The molecule has 0 aliphatic rings. The lowest BCUT2D eigenvalue weighted by molar-refractivity contribution is -0.139. The van der Waals surface area contributed by atoms with Crippen molar-refractivity contribution in [2.75, 3.05) is 0 Å². The van der Waals surface area contributed by atoms with Crippen LogP contribution >= 0.6 is 0 Å². The van der Waals surface area contributed by atoms with E-state index < -0.39 is 18.1 Å². The standard InChI is InChI=1S/C10H14N2O2/c1-6-4-2-3-5-7(6)8(11)9(12)10(13)14/h2-5,8-9H,11-12H2,1H3,(H,13,14)/t8-,9+/m1/s1. The molecule has 5 N–H and O–H groups in total. The zero-order valence-electron chi connectivity index (χ0n) is 7.97. The van der Waals surface area contributed by atoms with Crippen molar-refractivity contribution >= 4 is 5.97 Å². The average molecular weight is 194 g/mol. The molecule has 4 nitrogen and oxygen atoms in total. The van der Waals surface area contributed by atoms with Crippen LogP contribution in [0.5, 0.6) is 0 Å². The van der Waals surface area contributed by atoms with E-state index in [4.69, 9.17) is 16.6 Å². The van der Waals surface area contributed by atoms with Crippen LogP contribution in [0.3, 0.4) is 0 Å². The molecular formula is C10H14N2O2. The molecule has 1 rings (SSSR count). The molecule has 14 heavy (non-hydrogen) atoms. The molecule has 0 aromatic heterocycles. The fourth-order valence-corrected chi connectivity index (χ4v) is 1.31. The number of benzene rings is 1. The Kier molecular flexibility index (Phi) is 3.22. The molecule has 0 saturated carbocycles. The second-order valence-electron chi connectivity index (χ2n) is 3.25. The van der Waals surface area contributed by atoms with Gasteiger partial charge in [-0.25, -0.2) is 0 Å². The van der Waals surface area contributed by atoms with Gasteiger partial charge in [-0.15, -0.1) is 0 Å². The highest BCUT2D eigenvalue weighted by Crippen LogP contribution is 2.17. The molecule has 0 aliphatic heterocycles. The third-order valence-corrected chi connectivity index (χ3v) is 2.22. The normalized spacial score (nSPS) is 14.8. The fraction of sp³-hybridized carbons (Fsp3) is 0.300. The van der Waals surface area contributed by atoms with Gasteiger partial charge in [-0.3, -0.25) is 4.79 Å². The maximum atomic E-state index is 10.6. The van der Waals surface area contributed by atoms with Gasteiger partial charge < -0.3 is 16.6 Å². The van der Waals surface area contributed by atoms with Crippen molar-refractivity contribution in [2.24, 2.45) is 11.5 Å². The summed E-state index contributed by atoms with van der Waals surface area (Å²) in [7, 11) is 0. The summed E-state index contributed by atoms with van der Waals surface area (Å²) in [5.41, 5.74) is 12.9. The molecule has 0 aliphatic carbocycles. The number of carbonyl (C=O) groups is 1. The third kappa shape index (κ3) is 2.10. The Hall–Kier alpha value is -1.39. The minimum Gasteiger partial charge on any atom is -0.480 e. The van der Waals surface area contributed by atoms with E-state index in [-0.39, 0.29) is 0 Å². The van der Waals surface area contributed by atoms with Crippen molar-refractivity contribution < 1.29 is 9.90 Å². The highest BCUT2D eigenvalue weighted by atomic mass is 16.4. The predicted molar refractivity (Wildman–Crippen MR) is 53.7 cm³/mol. The van der Waals surface area contributed by atoms with Crippen LogP contribution in [0.15, 0.2) is 24.3 Å². The SMILES string of the molecule is Cc1ccccc1[C@@H](N)[C@H](N)C(=O)O. The van der Waals surface area contributed by atoms with Gasteiger partial charge in [-0.05, 0) is 18.1 Å². The Morgan fingerprint density at radius 2 is 1.93 bits per heavy atom. The van der Waals surface area contributed by atoms with Gasteiger partial charge in [0.1, 0.15) is 6.04 Å². The summed E-state index contributed by atoms with van der Waals surface area (Å²) in [6.07, 6.45) is 0. The Labute approximate surface area is 82.5 Å². The van der Waals surface area contributed by atoms with Crippen LogP contribution in [0.4, 0.5) is 0 Å². The van der Waals surface area contributed by atoms with Gasteiger partial charge in [0.25, 0.3) is 0 Å². The molecular weight excluding hydrogens is 180 g/mol. The van der Waals surface area contributed by atoms with Crippen molar-refractivity contribution in [2.45, 2.75) is 19.0 Å². The Bertz CT molecular complexity index is 339. The first-order chi connectivity index (χ1) is 6.54. The molecule has 0 spiro atoms. The maximum absolute atomic E-state index is 10.6. The van der Waals surface area contributed by atoms with Crippen molar-refractivity contribution in [1.82, 2.24) is 0 Å². The number of hydrogen-bond donors (Lipinski definition) is 3. The molecule has 1 aromatic carbocycles. The van der Waals surface area contributed by atoms with Crippen LogP contribution < -0.4 is 11.5 Å². The van der Waals surface area contributed by atoms with E-state index in [9.17, 15) is 4.79 Å². The lowest BCUT2D eigenvalue weighted by Crippen LogP contribution is -2.41. The van der Waals surface area contributed by atoms with Crippen LogP contribution in [-0.4, -0.2) is 17.1 Å². The summed E-state index contributed by atoms with van der Waals surface area (Å²) < 4.78 is 0. The van der Waals surface area contributed by atoms with Crippen LogP contribution in [-0.2, 0) is 4.79 Å². The number of hydrogen-bond acceptors (Lipinski definition) is 3. The summed E-state index contributed by atoms with van der Waals surface area (Å²) in [5.74, 6) is -1.08. The molecule has 0 radical (unpaired) electrons. The van der Waals surface area contributed by atoms with Crippen molar-refractivity contribution in [3.8, 4) is 0 Å². The number of aryl methyl sites for hydroxylation is 1. The van der Waals surface area contributed by atoms with Crippen LogP contribution in [0, 0.1) is 6.92 Å². The van der Waals surface area contributed by atoms with Gasteiger partial charge in [0.15, 0.2) is 0 Å². The number of carboxylic acid groups (broad SMARTS) is 1. The molecule has 0 fully saturated rings. The van der Waals surface area contributed by atoms with Crippen LogP contribution in [0.2, 0.25) is 0 Å². The molecule has 2 atom stereocenters. The summed E-state index contributed by atoms with van der Waals surface area (Å²) >= 11 is 0. The largest absolute Gasteiger partial charge is 0.480 e. The van der Waals surface area contributed by atoms with Crippen molar-refractivity contribution in [1.29, 1.82) is 0 Å². The Morgan fingerprint density at radius 3 is 2.43 bits per heavy atom. The molecule has 4 heteroatoms. The van der Waals surface area contributed by atoms with Gasteiger partial charge in [-0.1, -0.05) is 24.3 Å². The third-order valence-electron chi connectivity index (χ3n) is 2.22. The minimum atomic E-state index is -1.08. The van der Waals surface area contributed by atoms with E-state index in [0.29, 0.717) is 0 Å². The summed E-state index contributed by atoms with van der Waals surface area (Å²) in [6, 6.07) is 5.64. The molecule has 76 valence electrons. The smallest absolute Gasteiger partial charge is 0.322 e. The van der Waals surface area contributed by atoms with Gasteiger partial charge >= 0.3 is 5.97 Å². The second-order valence-corrected chi connectivity index (χ2v) is 3.25. The lowest BCUT2D eigenvalue weighted by atomic mass is 9.97. The van der Waals surface area contributed by atoms with E-state index in [1.807, 2.05) is 25.1 Å². The van der Waals surface area contributed by atoms with Crippen molar-refractivity contribution in [3.63, 3.8) is 0 Å². The molecule has 0 heterocycles. The first kappa shape index (κ1) is 10.7. The first-order valence-corrected chi connectivity index (χ1v) is 4.33. The monoisotopic (exact) mass is 194 g/mol. The summed E-state index contributed by atoms with van der Waals surface area (Å²) in [5, 5.41) is 8.70. The Balaban J connectivity index is 2.94. The molecule has 0 amide bonds. The first-order valence-electron chi connectivity index (χ1n) is 4.33. The Morgan fingerprint density at radius 1 is 1.36 bits per heavy atom. The number of rotatable bonds is 3. The second kappa shape index (κ2) is 4.21. The zero-order chi connectivity index (χ0) is 10.7. The van der Waals surface area contributed by atoms with Crippen molar-refractivity contribution in [3.05, 3.63) is 35.4 Å². The van der Waals surface area contributed by atoms with E-state index >= 15 is 0 Å². The number of aliphatic carboxylic acids is 1. The maximum Gasteiger partial charge on any atom is 0.322 e. The van der Waals surface area contributed by atoms with Crippen LogP contribution in [0.25, 0.3) is 0 Å². The number of nitrogens with two attached hydrogens (primary N) is 2. The van der Waals surface area contributed by atoms with Gasteiger partial charge in [0, 0.05) is 0 Å². The zero-order valence-corrected chi connectivity index (χ0v) is 7.97. The minimum absolute atomic E-state index is 0.659. The van der Waals surface area contributed by atoms with Gasteiger partial charge in [0.2, 0.25) is 0 Å². The molecule has 1 aromatic rings. The molecule has 0 bridgehead atoms. The number of carboxylic acids is 1. The van der Waals surface area contributed by atoms with E-state index in [0.717, 1.165) is 11.1 Å². The summed E-state index contributed by atoms with van der Waals surface area (Å²) in [6.45, 7) is 1.88. The summed E-state index contributed by atoms with van der Waals surface area (Å²) in [4.78, 5) is 10.6. The highest BCUT2D eigenvalue weighted by molar-refractivity contribution is 5.74. The van der Waals surface area contributed by atoms with E-state index in [1.165, 1.54) is 0 Å². The van der Waals surface area contributed by atoms with Gasteiger partial charge in [0.05, 0.1) is 6.04 Å². The molecule has 0 saturated heterocycles. The van der Waals surface area contributed by atoms with E-state index in [1.54, 1.807) is 6.07 Å². The van der Waals surface area contributed by atoms with E-state index in [2.05, 4.69) is 0 Å². The lowest BCUT2D eigenvalue weighted by Gasteiger charge is -2.18. The highest BCUT2D eigenvalue weighted by Gasteiger charge is 2.22. The topological polar surface area (TPSA) is 89.3 Å². The fourth-order valence-electron chi connectivity index (χ4n) is 1.31.